The van der Waals surface area contributed by atoms with Gasteiger partial charge < -0.3 is 14.2 Å². The van der Waals surface area contributed by atoms with Crippen LogP contribution in [0.15, 0.2) is 0 Å². The Morgan fingerprint density at radius 1 is 1.08 bits per heavy atom. The molecular formula is C9H18O3. The van der Waals surface area contributed by atoms with Crippen molar-refractivity contribution in [1.82, 2.24) is 0 Å². The van der Waals surface area contributed by atoms with Gasteiger partial charge >= 0.3 is 0 Å². The maximum Gasteiger partial charge on any atom is 0.272 e. The van der Waals surface area contributed by atoms with E-state index in [1.165, 1.54) is 0 Å². The lowest BCUT2D eigenvalue weighted by Gasteiger charge is -2.29. The first-order chi connectivity index (χ1) is 5.39. The largest absolute Gasteiger partial charge is 0.330 e. The van der Waals surface area contributed by atoms with Crippen LogP contribution in [0.3, 0.4) is 0 Å². The van der Waals surface area contributed by atoms with E-state index in [0.717, 1.165) is 0 Å². The lowest BCUT2D eigenvalue weighted by atomic mass is 9.90. The summed E-state index contributed by atoms with van der Waals surface area (Å²) in [6.45, 7) is 10.1. The SMILES string of the molecule is CCOC1OC(C)(C)C(C)(C)O1. The van der Waals surface area contributed by atoms with Crippen LogP contribution in [0, 0.1) is 0 Å². The molecule has 0 bridgehead atoms. The van der Waals surface area contributed by atoms with E-state index >= 15 is 0 Å². The van der Waals surface area contributed by atoms with Crippen LogP contribution in [-0.2, 0) is 14.2 Å². The molecule has 0 radical (unpaired) electrons. The molecule has 0 aliphatic carbocycles. The third-order valence-corrected chi connectivity index (χ3v) is 2.53. The highest BCUT2D eigenvalue weighted by Gasteiger charge is 2.49. The van der Waals surface area contributed by atoms with Gasteiger partial charge in [0.1, 0.15) is 0 Å². The number of hydrogen-bond acceptors (Lipinski definition) is 3. The molecule has 1 aliphatic rings. The average molecular weight is 174 g/mol. The zero-order valence-corrected chi connectivity index (χ0v) is 8.51. The van der Waals surface area contributed by atoms with Crippen LogP contribution in [0.25, 0.3) is 0 Å². The summed E-state index contributed by atoms with van der Waals surface area (Å²) >= 11 is 0. The Kier molecular flexibility index (Phi) is 2.47. The van der Waals surface area contributed by atoms with Crippen molar-refractivity contribution in [1.29, 1.82) is 0 Å². The predicted octanol–water partition coefficient (Wildman–Crippen LogP) is 1.91. The minimum absolute atomic E-state index is 0.285. The normalized spacial score (nSPS) is 27.8. The molecule has 72 valence electrons. The number of hydrogen-bond donors (Lipinski definition) is 0. The molecule has 12 heavy (non-hydrogen) atoms. The Bertz CT molecular complexity index is 147. The summed E-state index contributed by atoms with van der Waals surface area (Å²) in [6, 6.07) is 0. The zero-order valence-electron chi connectivity index (χ0n) is 8.51. The fourth-order valence-electron chi connectivity index (χ4n) is 0.993. The van der Waals surface area contributed by atoms with E-state index in [0.29, 0.717) is 6.61 Å². The van der Waals surface area contributed by atoms with E-state index in [-0.39, 0.29) is 11.2 Å². The topological polar surface area (TPSA) is 27.7 Å². The van der Waals surface area contributed by atoms with Crippen LogP contribution >= 0.6 is 0 Å². The Morgan fingerprint density at radius 2 is 1.50 bits per heavy atom. The van der Waals surface area contributed by atoms with E-state index in [4.69, 9.17) is 14.2 Å². The summed E-state index contributed by atoms with van der Waals surface area (Å²) in [5.74, 6) is 0. The molecule has 1 saturated heterocycles. The molecule has 0 aromatic heterocycles. The molecule has 0 aromatic rings. The van der Waals surface area contributed by atoms with Gasteiger partial charge in [-0.25, -0.2) is 0 Å². The predicted molar refractivity (Wildman–Crippen MR) is 45.7 cm³/mol. The lowest BCUT2D eigenvalue weighted by Crippen LogP contribution is -2.41. The maximum atomic E-state index is 5.56. The van der Waals surface area contributed by atoms with E-state index in [1.54, 1.807) is 0 Å². The average Bonchev–Trinajstić information content (AvgIpc) is 2.02. The fraction of sp³-hybridized carbons (Fsp3) is 1.00. The van der Waals surface area contributed by atoms with Crippen LogP contribution in [0.4, 0.5) is 0 Å². The van der Waals surface area contributed by atoms with Gasteiger partial charge in [-0.05, 0) is 34.6 Å². The van der Waals surface area contributed by atoms with E-state index in [1.807, 2.05) is 34.6 Å². The van der Waals surface area contributed by atoms with Crippen molar-refractivity contribution >= 4 is 0 Å². The second-order valence-electron chi connectivity index (χ2n) is 4.00. The Morgan fingerprint density at radius 3 is 1.83 bits per heavy atom. The summed E-state index contributed by atoms with van der Waals surface area (Å²) in [5, 5.41) is 0. The van der Waals surface area contributed by atoms with Crippen molar-refractivity contribution in [3.63, 3.8) is 0 Å². The minimum Gasteiger partial charge on any atom is -0.330 e. The van der Waals surface area contributed by atoms with Crippen LogP contribution in [0.5, 0.6) is 0 Å². The smallest absolute Gasteiger partial charge is 0.272 e. The summed E-state index contributed by atoms with van der Waals surface area (Å²) in [5.41, 5.74) is -0.570. The molecule has 0 amide bonds. The summed E-state index contributed by atoms with van der Waals surface area (Å²) in [7, 11) is 0. The van der Waals surface area contributed by atoms with Crippen molar-refractivity contribution in [2.75, 3.05) is 6.61 Å². The summed E-state index contributed by atoms with van der Waals surface area (Å²) in [4.78, 5) is 0. The van der Waals surface area contributed by atoms with Crippen molar-refractivity contribution in [3.8, 4) is 0 Å². The molecule has 0 spiro atoms. The molecule has 0 atom stereocenters. The molecule has 3 heteroatoms. The molecule has 0 unspecified atom stereocenters. The van der Waals surface area contributed by atoms with Gasteiger partial charge in [0.15, 0.2) is 0 Å². The molecule has 0 saturated carbocycles. The molecule has 1 heterocycles. The van der Waals surface area contributed by atoms with Gasteiger partial charge in [-0.2, -0.15) is 0 Å². The summed E-state index contributed by atoms with van der Waals surface area (Å²) in [6.07, 6.45) is 0. The molecule has 0 aromatic carbocycles. The third kappa shape index (κ3) is 1.63. The Balaban J connectivity index is 2.61. The standard InChI is InChI=1S/C9H18O3/c1-6-10-7-11-8(2,3)9(4,5)12-7/h7H,6H2,1-5H3. The lowest BCUT2D eigenvalue weighted by molar-refractivity contribution is -0.251. The van der Waals surface area contributed by atoms with Gasteiger partial charge in [-0.15, -0.1) is 0 Å². The molecular weight excluding hydrogens is 156 g/mol. The first-order valence-corrected chi connectivity index (χ1v) is 4.36. The minimum atomic E-state index is -0.500. The van der Waals surface area contributed by atoms with E-state index in [2.05, 4.69) is 0 Å². The van der Waals surface area contributed by atoms with Crippen molar-refractivity contribution < 1.29 is 14.2 Å². The summed E-state index contributed by atoms with van der Waals surface area (Å²) < 4.78 is 16.3. The highest BCUT2D eigenvalue weighted by molar-refractivity contribution is 4.92. The Labute approximate surface area is 74.0 Å². The van der Waals surface area contributed by atoms with Crippen LogP contribution in [0.1, 0.15) is 34.6 Å². The maximum absolute atomic E-state index is 5.56. The van der Waals surface area contributed by atoms with Gasteiger partial charge in [0.05, 0.1) is 11.2 Å². The fourth-order valence-corrected chi connectivity index (χ4v) is 0.993. The first-order valence-electron chi connectivity index (χ1n) is 4.36. The molecule has 0 N–H and O–H groups in total. The monoisotopic (exact) mass is 174 g/mol. The van der Waals surface area contributed by atoms with Gasteiger partial charge in [-0.1, -0.05) is 0 Å². The number of ether oxygens (including phenoxy) is 3. The van der Waals surface area contributed by atoms with Crippen molar-refractivity contribution in [2.45, 2.75) is 52.3 Å². The molecule has 1 rings (SSSR count). The van der Waals surface area contributed by atoms with E-state index in [9.17, 15) is 0 Å². The molecule has 1 aliphatic heterocycles. The van der Waals surface area contributed by atoms with Crippen LogP contribution in [-0.4, -0.2) is 24.3 Å². The second kappa shape index (κ2) is 2.98. The second-order valence-corrected chi connectivity index (χ2v) is 4.00. The van der Waals surface area contributed by atoms with Crippen molar-refractivity contribution in [2.24, 2.45) is 0 Å². The van der Waals surface area contributed by atoms with Gasteiger partial charge in [0, 0.05) is 6.61 Å². The number of rotatable bonds is 2. The quantitative estimate of drug-likeness (QED) is 0.640. The first kappa shape index (κ1) is 9.96. The van der Waals surface area contributed by atoms with Gasteiger partial charge in [0.2, 0.25) is 0 Å². The van der Waals surface area contributed by atoms with Crippen LogP contribution < -0.4 is 0 Å². The molecule has 1 fully saturated rings. The van der Waals surface area contributed by atoms with Crippen molar-refractivity contribution in [3.05, 3.63) is 0 Å². The third-order valence-electron chi connectivity index (χ3n) is 2.53. The van der Waals surface area contributed by atoms with Crippen LogP contribution in [0.2, 0.25) is 0 Å². The zero-order chi connectivity index (χ0) is 9.41. The molecule has 3 nitrogen and oxygen atoms in total. The van der Waals surface area contributed by atoms with Gasteiger partial charge in [-0.3, -0.25) is 0 Å². The Hall–Kier alpha value is -0.120. The van der Waals surface area contributed by atoms with Gasteiger partial charge in [0.25, 0.3) is 6.48 Å². The van der Waals surface area contributed by atoms with E-state index < -0.39 is 6.48 Å². The highest BCUT2D eigenvalue weighted by Crippen LogP contribution is 2.38. The highest BCUT2D eigenvalue weighted by atomic mass is 16.9.